The molecular weight excluding hydrogens is 346 g/mol. The number of fused-ring (bicyclic) bond motifs is 2. The van der Waals surface area contributed by atoms with E-state index < -0.39 is 9.84 Å². The highest BCUT2D eigenvalue weighted by Crippen LogP contribution is 2.41. The van der Waals surface area contributed by atoms with Gasteiger partial charge in [0, 0.05) is 18.8 Å². The van der Waals surface area contributed by atoms with Crippen LogP contribution in [0.2, 0.25) is 0 Å². The molecule has 2 aromatic heterocycles. The van der Waals surface area contributed by atoms with Gasteiger partial charge in [-0.1, -0.05) is 19.1 Å². The predicted molar refractivity (Wildman–Crippen MR) is 99.1 cm³/mol. The average Bonchev–Trinajstić information content (AvgIpc) is 3.05. The van der Waals surface area contributed by atoms with Gasteiger partial charge in [-0.3, -0.25) is 9.55 Å². The van der Waals surface area contributed by atoms with Crippen molar-refractivity contribution in [3.05, 3.63) is 66.7 Å². The molecule has 0 atom stereocenters. The van der Waals surface area contributed by atoms with Crippen LogP contribution in [0.4, 0.5) is 0 Å². The minimum atomic E-state index is -3.61. The molecular formula is C20H15N3O2S. The molecule has 0 saturated heterocycles. The first kappa shape index (κ1) is 15.3. The number of benzene rings is 2. The third-order valence-electron chi connectivity index (χ3n) is 4.80. The Morgan fingerprint density at radius 3 is 2.50 bits per heavy atom. The molecule has 3 heterocycles. The number of aryl methyl sites for hydroxylation is 1. The van der Waals surface area contributed by atoms with Crippen LogP contribution >= 0.6 is 0 Å². The minimum absolute atomic E-state index is 0.313. The Morgan fingerprint density at radius 1 is 0.962 bits per heavy atom. The number of aromatic nitrogens is 3. The molecule has 5 rings (SSSR count). The van der Waals surface area contributed by atoms with Crippen molar-refractivity contribution >= 4 is 20.9 Å². The number of pyridine rings is 1. The van der Waals surface area contributed by atoms with Crippen LogP contribution in [0, 0.1) is 0 Å². The Balaban J connectivity index is 1.96. The lowest BCUT2D eigenvalue weighted by Gasteiger charge is -2.21. The number of sulfone groups is 1. The first-order valence-corrected chi connectivity index (χ1v) is 9.90. The Morgan fingerprint density at radius 2 is 1.73 bits per heavy atom. The summed E-state index contributed by atoms with van der Waals surface area (Å²) < 4.78 is 28.6. The van der Waals surface area contributed by atoms with Gasteiger partial charge in [0.15, 0.2) is 0 Å². The maximum absolute atomic E-state index is 13.3. The van der Waals surface area contributed by atoms with Gasteiger partial charge < -0.3 is 0 Å². The summed E-state index contributed by atoms with van der Waals surface area (Å²) in [5.41, 5.74) is 3.78. The van der Waals surface area contributed by atoms with Crippen LogP contribution in [0.1, 0.15) is 12.7 Å². The highest BCUT2D eigenvalue weighted by Gasteiger charge is 2.33. The molecule has 6 heteroatoms. The molecule has 0 spiro atoms. The van der Waals surface area contributed by atoms with E-state index in [2.05, 4.69) is 4.98 Å². The zero-order chi connectivity index (χ0) is 17.9. The molecule has 0 N–H and O–H groups in total. The molecule has 2 aromatic carbocycles. The Bertz CT molecular complexity index is 1280. The Kier molecular flexibility index (Phi) is 3.09. The van der Waals surface area contributed by atoms with Crippen molar-refractivity contribution in [3.63, 3.8) is 0 Å². The van der Waals surface area contributed by atoms with Crippen molar-refractivity contribution in [3.8, 4) is 16.8 Å². The number of nitrogens with zero attached hydrogens (tertiary/aromatic N) is 3. The van der Waals surface area contributed by atoms with Gasteiger partial charge in [0.05, 0.1) is 26.5 Å². The van der Waals surface area contributed by atoms with Crippen molar-refractivity contribution in [2.75, 3.05) is 0 Å². The van der Waals surface area contributed by atoms with Gasteiger partial charge in [-0.15, -0.1) is 0 Å². The summed E-state index contributed by atoms with van der Waals surface area (Å²) in [6.07, 6.45) is 4.11. The van der Waals surface area contributed by atoms with E-state index in [1.54, 1.807) is 30.6 Å². The topological polar surface area (TPSA) is 64.8 Å². The first-order chi connectivity index (χ1) is 12.6. The van der Waals surface area contributed by atoms with E-state index in [0.717, 1.165) is 17.0 Å². The molecule has 0 radical (unpaired) electrons. The molecule has 0 bridgehead atoms. The summed E-state index contributed by atoms with van der Waals surface area (Å²) >= 11 is 0. The van der Waals surface area contributed by atoms with Crippen LogP contribution in [0.15, 0.2) is 70.7 Å². The second kappa shape index (κ2) is 5.25. The number of para-hydroxylation sites is 1. The van der Waals surface area contributed by atoms with E-state index in [0.29, 0.717) is 32.9 Å². The SMILES string of the molecule is CCc1nc2cc(-c3ccncc3)cc3c2n1-c1ccccc1S3(=O)=O. The molecule has 0 fully saturated rings. The molecule has 1 aliphatic rings. The van der Waals surface area contributed by atoms with Crippen LogP contribution in [0.3, 0.4) is 0 Å². The summed E-state index contributed by atoms with van der Waals surface area (Å²) in [6.45, 7) is 2.03. The Labute approximate surface area is 150 Å². The maximum Gasteiger partial charge on any atom is 0.210 e. The summed E-state index contributed by atoms with van der Waals surface area (Å²) in [4.78, 5) is 9.42. The maximum atomic E-state index is 13.3. The van der Waals surface area contributed by atoms with Crippen molar-refractivity contribution in [1.29, 1.82) is 0 Å². The fraction of sp³-hybridized carbons (Fsp3) is 0.100. The predicted octanol–water partition coefficient (Wildman–Crippen LogP) is 3.80. The fourth-order valence-corrected chi connectivity index (χ4v) is 5.28. The standard InChI is InChI=1S/C20H15N3O2S/c1-2-19-22-15-11-14(13-7-9-21-10-8-13)12-18-20(15)23(19)16-5-3-4-6-17(16)26(18,24)25/h3-12H,2H2,1H3. The average molecular weight is 361 g/mol. The third-order valence-corrected chi connectivity index (χ3v) is 6.62. The van der Waals surface area contributed by atoms with Crippen LogP contribution < -0.4 is 0 Å². The Hall–Kier alpha value is -2.99. The molecule has 1 aliphatic heterocycles. The van der Waals surface area contributed by atoms with E-state index in [4.69, 9.17) is 4.98 Å². The second-order valence-corrected chi connectivity index (χ2v) is 8.15. The van der Waals surface area contributed by atoms with Gasteiger partial charge in [-0.05, 0) is 47.5 Å². The quantitative estimate of drug-likeness (QED) is 0.480. The van der Waals surface area contributed by atoms with E-state index >= 15 is 0 Å². The smallest absolute Gasteiger partial charge is 0.210 e. The van der Waals surface area contributed by atoms with Gasteiger partial charge in [0.1, 0.15) is 5.82 Å². The highest BCUT2D eigenvalue weighted by molar-refractivity contribution is 7.92. The molecule has 0 amide bonds. The molecule has 4 aromatic rings. The molecule has 128 valence electrons. The zero-order valence-electron chi connectivity index (χ0n) is 14.0. The number of hydrogen-bond acceptors (Lipinski definition) is 4. The largest absolute Gasteiger partial charge is 0.294 e. The molecule has 26 heavy (non-hydrogen) atoms. The summed E-state index contributed by atoms with van der Waals surface area (Å²) in [7, 11) is -3.61. The lowest BCUT2D eigenvalue weighted by Crippen LogP contribution is -2.15. The van der Waals surface area contributed by atoms with Gasteiger partial charge >= 0.3 is 0 Å². The third kappa shape index (κ3) is 1.93. The lowest BCUT2D eigenvalue weighted by atomic mass is 10.1. The molecule has 0 unspecified atom stereocenters. The molecule has 0 saturated carbocycles. The van der Waals surface area contributed by atoms with Gasteiger partial charge in [0.25, 0.3) is 0 Å². The first-order valence-electron chi connectivity index (χ1n) is 8.41. The van der Waals surface area contributed by atoms with Crippen molar-refractivity contribution < 1.29 is 8.42 Å². The van der Waals surface area contributed by atoms with Crippen LogP contribution in [-0.2, 0) is 16.3 Å². The van der Waals surface area contributed by atoms with Gasteiger partial charge in [-0.2, -0.15) is 0 Å². The second-order valence-electron chi connectivity index (χ2n) is 6.27. The summed E-state index contributed by atoms with van der Waals surface area (Å²) in [6, 6.07) is 14.6. The van der Waals surface area contributed by atoms with Crippen LogP contribution in [-0.4, -0.2) is 23.0 Å². The van der Waals surface area contributed by atoms with Crippen molar-refractivity contribution in [2.24, 2.45) is 0 Å². The van der Waals surface area contributed by atoms with Crippen LogP contribution in [0.5, 0.6) is 0 Å². The van der Waals surface area contributed by atoms with E-state index in [-0.39, 0.29) is 0 Å². The summed E-state index contributed by atoms with van der Waals surface area (Å²) in [5.74, 6) is 0.857. The van der Waals surface area contributed by atoms with Crippen molar-refractivity contribution in [2.45, 2.75) is 23.1 Å². The fourth-order valence-electron chi connectivity index (χ4n) is 3.62. The van der Waals surface area contributed by atoms with Crippen molar-refractivity contribution in [1.82, 2.24) is 14.5 Å². The van der Waals surface area contributed by atoms with E-state index in [1.807, 2.05) is 41.8 Å². The monoisotopic (exact) mass is 361 g/mol. The van der Waals surface area contributed by atoms with E-state index in [9.17, 15) is 8.42 Å². The van der Waals surface area contributed by atoms with Crippen LogP contribution in [0.25, 0.3) is 27.8 Å². The van der Waals surface area contributed by atoms with Gasteiger partial charge in [-0.25, -0.2) is 13.4 Å². The lowest BCUT2D eigenvalue weighted by molar-refractivity contribution is 0.594. The normalized spacial score (nSPS) is 14.3. The molecule has 5 nitrogen and oxygen atoms in total. The number of rotatable bonds is 2. The minimum Gasteiger partial charge on any atom is -0.294 e. The van der Waals surface area contributed by atoms with E-state index in [1.165, 1.54) is 0 Å². The number of hydrogen-bond donors (Lipinski definition) is 0. The zero-order valence-corrected chi connectivity index (χ0v) is 14.9. The summed E-state index contributed by atoms with van der Waals surface area (Å²) in [5, 5.41) is 0. The van der Waals surface area contributed by atoms with Gasteiger partial charge in [0.2, 0.25) is 9.84 Å². The molecule has 0 aliphatic carbocycles. The number of imidazole rings is 1. The highest BCUT2D eigenvalue weighted by atomic mass is 32.2.